The van der Waals surface area contributed by atoms with Crippen LogP contribution < -0.4 is 15.8 Å². The zero-order chi connectivity index (χ0) is 20.4. The zero-order valence-electron chi connectivity index (χ0n) is 15.8. The molecule has 4 rings (SSSR count). The number of aromatic nitrogens is 3. The minimum absolute atomic E-state index is 0.138. The summed E-state index contributed by atoms with van der Waals surface area (Å²) < 4.78 is 25.7. The number of nitrogens with two attached hydrogens (primary N) is 1. The van der Waals surface area contributed by atoms with E-state index in [1.54, 1.807) is 28.9 Å². The first-order chi connectivity index (χ1) is 13.9. The second-order valence-electron chi connectivity index (χ2n) is 7.17. The molecule has 1 fully saturated rings. The van der Waals surface area contributed by atoms with E-state index in [4.69, 9.17) is 10.1 Å². The van der Waals surface area contributed by atoms with Crippen LogP contribution in [0, 0.1) is 0 Å². The van der Waals surface area contributed by atoms with E-state index in [0.29, 0.717) is 18.9 Å². The van der Waals surface area contributed by atoms with Gasteiger partial charge in [-0.25, -0.2) is 18.5 Å². The maximum atomic E-state index is 11.6. The lowest BCUT2D eigenvalue weighted by molar-refractivity contribution is 0.453. The van der Waals surface area contributed by atoms with Gasteiger partial charge >= 0.3 is 0 Å². The number of nitrogens with zero attached hydrogens (tertiary/aromatic N) is 3. The number of hydrogen-bond acceptors (Lipinski definition) is 6. The van der Waals surface area contributed by atoms with Crippen molar-refractivity contribution < 1.29 is 8.42 Å². The van der Waals surface area contributed by atoms with Crippen molar-refractivity contribution in [2.24, 2.45) is 5.14 Å². The van der Waals surface area contributed by atoms with Gasteiger partial charge in [-0.2, -0.15) is 9.61 Å². The number of anilines is 1. The Morgan fingerprint density at radius 2 is 2.07 bits per heavy atom. The van der Waals surface area contributed by atoms with Crippen molar-refractivity contribution in [1.82, 2.24) is 19.9 Å². The highest BCUT2D eigenvalue weighted by molar-refractivity contribution is 9.10. The van der Waals surface area contributed by atoms with Gasteiger partial charge in [-0.3, -0.25) is 0 Å². The van der Waals surface area contributed by atoms with E-state index in [1.807, 2.05) is 6.08 Å². The average Bonchev–Trinajstić information content (AvgIpc) is 2.92. The van der Waals surface area contributed by atoms with Crippen LogP contribution in [0.4, 0.5) is 5.82 Å². The molecule has 154 valence electrons. The minimum Gasteiger partial charge on any atom is -0.366 e. The second kappa shape index (κ2) is 8.39. The van der Waals surface area contributed by atoms with Crippen molar-refractivity contribution in [3.8, 4) is 0 Å². The van der Waals surface area contributed by atoms with Gasteiger partial charge in [-0.05, 0) is 59.9 Å². The maximum Gasteiger partial charge on any atom is 0.237 e. The van der Waals surface area contributed by atoms with Gasteiger partial charge in [0.25, 0.3) is 0 Å². The van der Waals surface area contributed by atoms with Gasteiger partial charge in [0.05, 0.1) is 15.6 Å². The van der Waals surface area contributed by atoms with E-state index in [2.05, 4.69) is 37.7 Å². The normalized spacial score (nSPS) is 18.4. The third kappa shape index (κ3) is 4.61. The summed E-state index contributed by atoms with van der Waals surface area (Å²) in [7, 11) is -3.70. The van der Waals surface area contributed by atoms with Crippen LogP contribution in [0.5, 0.6) is 0 Å². The Bertz CT molecular complexity index is 1110. The van der Waals surface area contributed by atoms with Gasteiger partial charge in [-0.15, -0.1) is 0 Å². The van der Waals surface area contributed by atoms with Crippen LogP contribution in [-0.4, -0.2) is 42.7 Å². The lowest BCUT2D eigenvalue weighted by Crippen LogP contribution is -2.27. The van der Waals surface area contributed by atoms with Crippen LogP contribution in [0.1, 0.15) is 30.9 Å². The first-order valence-corrected chi connectivity index (χ1v) is 11.8. The standard InChI is InChI=1S/C19H23BrN6O2S/c20-16-12-24-26-18(10-17(25-19(16)26)14-6-8-22-9-7-14)23-11-13-2-1-3-15(5-4-13)29(21,27)28/h2-5,10,12,14,22-23H,1,6-9,11H2,(H2,21,27,28). The lowest BCUT2D eigenvalue weighted by atomic mass is 9.94. The van der Waals surface area contributed by atoms with Crippen LogP contribution in [0.2, 0.25) is 0 Å². The molecule has 1 saturated heterocycles. The summed E-state index contributed by atoms with van der Waals surface area (Å²) in [6.07, 6.45) is 11.3. The summed E-state index contributed by atoms with van der Waals surface area (Å²) in [5.74, 6) is 1.27. The van der Waals surface area contributed by atoms with Crippen LogP contribution in [0.25, 0.3) is 5.65 Å². The number of hydrogen-bond donors (Lipinski definition) is 3. The molecule has 0 unspecified atom stereocenters. The second-order valence-corrected chi connectivity index (χ2v) is 9.59. The number of primary sulfonamides is 1. The van der Waals surface area contributed by atoms with Crippen molar-refractivity contribution in [3.63, 3.8) is 0 Å². The Labute approximate surface area is 178 Å². The highest BCUT2D eigenvalue weighted by Crippen LogP contribution is 2.28. The summed E-state index contributed by atoms with van der Waals surface area (Å²) in [4.78, 5) is 4.97. The molecule has 0 atom stereocenters. The molecular formula is C19H23BrN6O2S. The third-order valence-corrected chi connectivity index (χ3v) is 6.69. The van der Waals surface area contributed by atoms with Crippen molar-refractivity contribution in [1.29, 1.82) is 0 Å². The minimum atomic E-state index is -3.70. The molecule has 0 radical (unpaired) electrons. The number of nitrogens with one attached hydrogen (secondary N) is 2. The maximum absolute atomic E-state index is 11.6. The number of piperidine rings is 1. The first kappa shape index (κ1) is 20.3. The highest BCUT2D eigenvalue weighted by atomic mass is 79.9. The molecule has 0 saturated carbocycles. The first-order valence-electron chi connectivity index (χ1n) is 9.50. The molecular weight excluding hydrogens is 456 g/mol. The van der Waals surface area contributed by atoms with Crippen LogP contribution in [-0.2, 0) is 10.0 Å². The molecule has 2 aliphatic rings. The number of fused-ring (bicyclic) bond motifs is 1. The lowest BCUT2D eigenvalue weighted by Gasteiger charge is -2.23. The number of sulfonamides is 1. The Morgan fingerprint density at radius 3 is 2.83 bits per heavy atom. The zero-order valence-corrected chi connectivity index (χ0v) is 18.2. The van der Waals surface area contributed by atoms with Gasteiger partial charge in [0.2, 0.25) is 10.0 Å². The van der Waals surface area contributed by atoms with E-state index in [9.17, 15) is 8.42 Å². The summed E-state index contributed by atoms with van der Waals surface area (Å²) in [6, 6.07) is 2.07. The van der Waals surface area contributed by atoms with E-state index in [-0.39, 0.29) is 4.91 Å². The van der Waals surface area contributed by atoms with E-state index >= 15 is 0 Å². The molecule has 8 nitrogen and oxygen atoms in total. The van der Waals surface area contributed by atoms with Crippen LogP contribution in [0.15, 0.2) is 51.5 Å². The van der Waals surface area contributed by atoms with Gasteiger partial charge in [-0.1, -0.05) is 18.2 Å². The molecule has 1 aliphatic heterocycles. The average molecular weight is 479 g/mol. The molecule has 0 amide bonds. The topological polar surface area (TPSA) is 114 Å². The summed E-state index contributed by atoms with van der Waals surface area (Å²) in [6.45, 7) is 2.53. The molecule has 2 aromatic rings. The van der Waals surface area contributed by atoms with Gasteiger partial charge in [0, 0.05) is 24.2 Å². The molecule has 0 aromatic carbocycles. The van der Waals surface area contributed by atoms with E-state index in [0.717, 1.165) is 53.1 Å². The summed E-state index contributed by atoms with van der Waals surface area (Å²) in [5.41, 5.74) is 2.82. The van der Waals surface area contributed by atoms with Crippen LogP contribution in [0.3, 0.4) is 0 Å². The highest BCUT2D eigenvalue weighted by Gasteiger charge is 2.20. The van der Waals surface area contributed by atoms with Gasteiger partial charge in [0.15, 0.2) is 5.65 Å². The van der Waals surface area contributed by atoms with Crippen molar-refractivity contribution >= 4 is 37.4 Å². The Hall–Kier alpha value is -2.01. The molecule has 4 N–H and O–H groups in total. The van der Waals surface area contributed by atoms with E-state index in [1.165, 1.54) is 0 Å². The fraction of sp³-hybridized carbons (Fsp3) is 0.368. The largest absolute Gasteiger partial charge is 0.366 e. The SMILES string of the molecule is NS(=O)(=O)C1=CCC=C(CNc2cc(C3CCNCC3)nc3c(Br)cnn23)C=C1. The van der Waals surface area contributed by atoms with Crippen LogP contribution >= 0.6 is 15.9 Å². The van der Waals surface area contributed by atoms with Gasteiger partial charge < -0.3 is 10.6 Å². The monoisotopic (exact) mass is 478 g/mol. The molecule has 1 aliphatic carbocycles. The molecule has 10 heteroatoms. The number of rotatable bonds is 5. The Balaban J connectivity index is 1.57. The summed E-state index contributed by atoms with van der Waals surface area (Å²) >= 11 is 3.54. The van der Waals surface area contributed by atoms with Crippen molar-refractivity contribution in [2.45, 2.75) is 25.2 Å². The Morgan fingerprint density at radius 1 is 1.28 bits per heavy atom. The van der Waals surface area contributed by atoms with Crippen molar-refractivity contribution in [3.05, 3.63) is 57.2 Å². The molecule has 3 heterocycles. The quantitative estimate of drug-likeness (QED) is 0.607. The predicted octanol–water partition coefficient (Wildman–Crippen LogP) is 2.43. The fourth-order valence-corrected chi connectivity index (χ4v) is 4.53. The molecule has 0 spiro atoms. The Kier molecular flexibility index (Phi) is 5.86. The molecule has 29 heavy (non-hydrogen) atoms. The summed E-state index contributed by atoms with van der Waals surface area (Å²) in [5, 5.41) is 16.5. The fourth-order valence-electron chi connectivity index (χ4n) is 3.59. The third-order valence-electron chi connectivity index (χ3n) is 5.17. The predicted molar refractivity (Wildman–Crippen MR) is 117 cm³/mol. The van der Waals surface area contributed by atoms with Gasteiger partial charge in [0.1, 0.15) is 5.82 Å². The molecule has 2 aromatic heterocycles. The number of halogens is 1. The smallest absolute Gasteiger partial charge is 0.237 e. The molecule has 0 bridgehead atoms. The number of allylic oxidation sites excluding steroid dienone is 3. The van der Waals surface area contributed by atoms with E-state index < -0.39 is 10.0 Å². The van der Waals surface area contributed by atoms with Crippen molar-refractivity contribution in [2.75, 3.05) is 25.0 Å².